The molecule has 1 aliphatic rings. The van der Waals surface area contributed by atoms with Crippen LogP contribution in [-0.2, 0) is 0 Å². The number of hydrogen-bond donors (Lipinski definition) is 2. The molecule has 0 bridgehead atoms. The Morgan fingerprint density at radius 1 is 1.56 bits per heavy atom. The highest BCUT2D eigenvalue weighted by molar-refractivity contribution is 9.10. The second-order valence-corrected chi connectivity index (χ2v) is 5.00. The van der Waals surface area contributed by atoms with Crippen LogP contribution in [0, 0.1) is 5.92 Å². The zero-order chi connectivity index (χ0) is 11.4. The van der Waals surface area contributed by atoms with Crippen molar-refractivity contribution < 1.29 is 4.74 Å². The van der Waals surface area contributed by atoms with Gasteiger partial charge in [-0.25, -0.2) is 0 Å². The predicted octanol–water partition coefficient (Wildman–Crippen LogP) is 2.48. The molecule has 1 heterocycles. The molecule has 2 N–H and O–H groups in total. The van der Waals surface area contributed by atoms with Crippen LogP contribution >= 0.6 is 15.9 Å². The minimum absolute atomic E-state index is 0.726. The van der Waals surface area contributed by atoms with E-state index in [1.807, 2.05) is 12.1 Å². The van der Waals surface area contributed by atoms with Crippen LogP contribution in [0.3, 0.4) is 0 Å². The van der Waals surface area contributed by atoms with Gasteiger partial charge in [-0.15, -0.1) is 0 Å². The van der Waals surface area contributed by atoms with Crippen molar-refractivity contribution in [3.8, 4) is 5.75 Å². The largest absolute Gasteiger partial charge is 0.495 e. The Bertz CT molecular complexity index is 351. The van der Waals surface area contributed by atoms with Gasteiger partial charge in [-0.2, -0.15) is 0 Å². The average Bonchev–Trinajstić information content (AvgIpc) is 2.79. The first-order valence-electron chi connectivity index (χ1n) is 5.57. The van der Waals surface area contributed by atoms with E-state index < -0.39 is 0 Å². The lowest BCUT2D eigenvalue weighted by Gasteiger charge is -2.14. The van der Waals surface area contributed by atoms with Gasteiger partial charge in [0.1, 0.15) is 5.75 Å². The Hall–Kier alpha value is -0.740. The zero-order valence-corrected chi connectivity index (χ0v) is 11.0. The van der Waals surface area contributed by atoms with Crippen LogP contribution < -0.4 is 15.4 Å². The highest BCUT2D eigenvalue weighted by atomic mass is 79.9. The van der Waals surface area contributed by atoms with Gasteiger partial charge < -0.3 is 15.4 Å². The van der Waals surface area contributed by atoms with Crippen LogP contribution in [0.1, 0.15) is 6.42 Å². The van der Waals surface area contributed by atoms with E-state index in [4.69, 9.17) is 4.74 Å². The second-order valence-electron chi connectivity index (χ2n) is 4.08. The summed E-state index contributed by atoms with van der Waals surface area (Å²) in [6, 6.07) is 6.02. The van der Waals surface area contributed by atoms with Crippen molar-refractivity contribution >= 4 is 21.6 Å². The van der Waals surface area contributed by atoms with Gasteiger partial charge in [0.15, 0.2) is 0 Å². The quantitative estimate of drug-likeness (QED) is 0.891. The molecule has 3 nitrogen and oxygen atoms in total. The zero-order valence-electron chi connectivity index (χ0n) is 9.42. The summed E-state index contributed by atoms with van der Waals surface area (Å²) >= 11 is 3.47. The molecule has 88 valence electrons. The summed E-state index contributed by atoms with van der Waals surface area (Å²) in [6.07, 6.45) is 1.25. The monoisotopic (exact) mass is 284 g/mol. The fourth-order valence-electron chi connectivity index (χ4n) is 1.96. The van der Waals surface area contributed by atoms with Gasteiger partial charge in [0.05, 0.1) is 12.8 Å². The number of hydrogen-bond acceptors (Lipinski definition) is 3. The van der Waals surface area contributed by atoms with Crippen LogP contribution in [-0.4, -0.2) is 26.7 Å². The molecule has 1 atom stereocenters. The number of benzene rings is 1. The summed E-state index contributed by atoms with van der Waals surface area (Å²) in [4.78, 5) is 0. The smallest absolute Gasteiger partial charge is 0.142 e. The Kier molecular flexibility index (Phi) is 4.07. The van der Waals surface area contributed by atoms with Gasteiger partial charge in [-0.3, -0.25) is 0 Å². The Morgan fingerprint density at radius 2 is 2.44 bits per heavy atom. The molecule has 0 saturated carbocycles. The minimum Gasteiger partial charge on any atom is -0.495 e. The standard InChI is InChI=1S/C12H17BrN2O/c1-16-12-3-2-10(13)6-11(12)15-8-9-4-5-14-7-9/h2-3,6,9,14-15H,4-5,7-8H2,1H3. The lowest BCUT2D eigenvalue weighted by Crippen LogP contribution is -2.17. The third-order valence-corrected chi connectivity index (χ3v) is 3.40. The van der Waals surface area contributed by atoms with Crippen LogP contribution in [0.4, 0.5) is 5.69 Å². The maximum atomic E-state index is 5.32. The van der Waals surface area contributed by atoms with E-state index >= 15 is 0 Å². The molecule has 16 heavy (non-hydrogen) atoms. The SMILES string of the molecule is COc1ccc(Br)cc1NCC1CCNC1. The molecule has 1 unspecified atom stereocenters. The lowest BCUT2D eigenvalue weighted by atomic mass is 10.1. The first-order chi connectivity index (χ1) is 7.79. The maximum absolute atomic E-state index is 5.32. The molecule has 0 spiro atoms. The van der Waals surface area contributed by atoms with Crippen LogP contribution in [0.5, 0.6) is 5.75 Å². The predicted molar refractivity (Wildman–Crippen MR) is 70.2 cm³/mol. The highest BCUT2D eigenvalue weighted by Crippen LogP contribution is 2.28. The molecule has 1 aromatic rings. The summed E-state index contributed by atoms with van der Waals surface area (Å²) in [5.41, 5.74) is 1.06. The molecule has 1 saturated heterocycles. The average molecular weight is 285 g/mol. The van der Waals surface area contributed by atoms with E-state index in [-0.39, 0.29) is 0 Å². The fraction of sp³-hybridized carbons (Fsp3) is 0.500. The normalized spacial score (nSPS) is 19.8. The van der Waals surface area contributed by atoms with E-state index in [0.717, 1.165) is 41.5 Å². The molecule has 4 heteroatoms. The number of ether oxygens (including phenoxy) is 1. The van der Waals surface area contributed by atoms with Gasteiger partial charge in [0.25, 0.3) is 0 Å². The van der Waals surface area contributed by atoms with Gasteiger partial charge in [0, 0.05) is 11.0 Å². The van der Waals surface area contributed by atoms with Crippen molar-refractivity contribution in [1.82, 2.24) is 5.32 Å². The van der Waals surface area contributed by atoms with Crippen LogP contribution in [0.25, 0.3) is 0 Å². The van der Waals surface area contributed by atoms with Crippen molar-refractivity contribution in [2.75, 3.05) is 32.1 Å². The van der Waals surface area contributed by atoms with Gasteiger partial charge in [-0.05, 0) is 43.6 Å². The third kappa shape index (κ3) is 2.89. The van der Waals surface area contributed by atoms with E-state index in [0.29, 0.717) is 0 Å². The number of anilines is 1. The third-order valence-electron chi connectivity index (χ3n) is 2.91. The first-order valence-corrected chi connectivity index (χ1v) is 6.37. The molecule has 1 fully saturated rings. The number of methoxy groups -OCH3 is 1. The fourth-order valence-corrected chi connectivity index (χ4v) is 2.32. The Balaban J connectivity index is 1.98. The number of rotatable bonds is 4. The number of nitrogens with one attached hydrogen (secondary N) is 2. The summed E-state index contributed by atoms with van der Waals surface area (Å²) in [7, 11) is 1.70. The van der Waals surface area contributed by atoms with Crippen molar-refractivity contribution in [3.63, 3.8) is 0 Å². The Labute approximate surface area is 105 Å². The molecular weight excluding hydrogens is 268 g/mol. The van der Waals surface area contributed by atoms with Crippen molar-refractivity contribution in [2.45, 2.75) is 6.42 Å². The summed E-state index contributed by atoms with van der Waals surface area (Å²) in [5.74, 6) is 1.62. The second kappa shape index (κ2) is 5.55. The van der Waals surface area contributed by atoms with Crippen molar-refractivity contribution in [3.05, 3.63) is 22.7 Å². The van der Waals surface area contributed by atoms with Crippen LogP contribution in [0.15, 0.2) is 22.7 Å². The summed E-state index contributed by atoms with van der Waals surface area (Å²) < 4.78 is 6.39. The van der Waals surface area contributed by atoms with E-state index in [1.54, 1.807) is 7.11 Å². The lowest BCUT2D eigenvalue weighted by molar-refractivity contribution is 0.416. The molecule has 0 radical (unpaired) electrons. The molecule has 0 aliphatic carbocycles. The summed E-state index contributed by atoms with van der Waals surface area (Å²) in [5, 5.41) is 6.82. The van der Waals surface area contributed by atoms with E-state index in [2.05, 4.69) is 32.6 Å². The highest BCUT2D eigenvalue weighted by Gasteiger charge is 2.14. The molecule has 2 rings (SSSR count). The minimum atomic E-state index is 0.726. The topological polar surface area (TPSA) is 33.3 Å². The van der Waals surface area contributed by atoms with E-state index in [1.165, 1.54) is 6.42 Å². The molecule has 1 aromatic carbocycles. The van der Waals surface area contributed by atoms with Gasteiger partial charge in [0.2, 0.25) is 0 Å². The van der Waals surface area contributed by atoms with Gasteiger partial charge >= 0.3 is 0 Å². The van der Waals surface area contributed by atoms with Crippen molar-refractivity contribution in [2.24, 2.45) is 5.92 Å². The molecule has 0 aromatic heterocycles. The van der Waals surface area contributed by atoms with Crippen LogP contribution in [0.2, 0.25) is 0 Å². The van der Waals surface area contributed by atoms with Crippen molar-refractivity contribution in [1.29, 1.82) is 0 Å². The molecule has 1 aliphatic heterocycles. The maximum Gasteiger partial charge on any atom is 0.142 e. The first kappa shape index (κ1) is 11.7. The Morgan fingerprint density at radius 3 is 3.12 bits per heavy atom. The molecule has 0 amide bonds. The summed E-state index contributed by atoms with van der Waals surface area (Å²) in [6.45, 7) is 3.26. The molecular formula is C12H17BrN2O. The number of halogens is 1. The van der Waals surface area contributed by atoms with Gasteiger partial charge in [-0.1, -0.05) is 15.9 Å². The van der Waals surface area contributed by atoms with E-state index in [9.17, 15) is 0 Å².